The van der Waals surface area contributed by atoms with Crippen LogP contribution in [0.2, 0.25) is 0 Å². The Kier molecular flexibility index (Phi) is 6.77. The molecule has 0 spiro atoms. The lowest BCUT2D eigenvalue weighted by molar-refractivity contribution is -0.129. The van der Waals surface area contributed by atoms with Gasteiger partial charge >= 0.3 is 0 Å². The molecule has 1 heterocycles. The van der Waals surface area contributed by atoms with Gasteiger partial charge in [0.2, 0.25) is 5.91 Å². The Morgan fingerprint density at radius 2 is 2.10 bits per heavy atom. The van der Waals surface area contributed by atoms with E-state index in [2.05, 4.69) is 17.2 Å². The third-order valence-corrected chi connectivity index (χ3v) is 3.63. The van der Waals surface area contributed by atoms with E-state index in [-0.39, 0.29) is 24.9 Å². The molecule has 0 bridgehead atoms. The number of likely N-dealkylation sites (N-methyl/N-ethyl adjacent to an activating group) is 1. The molecule has 0 saturated heterocycles. The van der Waals surface area contributed by atoms with E-state index < -0.39 is 0 Å². The minimum absolute atomic E-state index is 0.00215. The average Bonchev–Trinajstić information content (AvgIpc) is 2.92. The van der Waals surface area contributed by atoms with Crippen LogP contribution in [0.25, 0.3) is 0 Å². The van der Waals surface area contributed by atoms with E-state index >= 15 is 0 Å². The van der Waals surface area contributed by atoms with Gasteiger partial charge in [0.1, 0.15) is 4.88 Å². The molecule has 0 unspecified atom stereocenters. The molecule has 0 aliphatic heterocycles. The standard InChI is InChI=1S/C14H19N3O2S/c1-3-17(4-2)12(18)10-16-14(19)13-11(6-5-8-15)7-9-20-13/h7,9H,3-4,8,10,15H2,1-2H3,(H,16,19). The number of carbonyl (C=O) groups is 2. The maximum Gasteiger partial charge on any atom is 0.263 e. The van der Waals surface area contributed by atoms with Crippen molar-refractivity contribution in [2.75, 3.05) is 26.2 Å². The predicted molar refractivity (Wildman–Crippen MR) is 80.5 cm³/mol. The van der Waals surface area contributed by atoms with Crippen molar-refractivity contribution >= 4 is 23.2 Å². The second-order valence-corrected chi connectivity index (χ2v) is 4.83. The third-order valence-electron chi connectivity index (χ3n) is 2.71. The summed E-state index contributed by atoms with van der Waals surface area (Å²) in [7, 11) is 0. The van der Waals surface area contributed by atoms with E-state index in [4.69, 9.17) is 5.73 Å². The molecule has 0 aliphatic carbocycles. The van der Waals surface area contributed by atoms with Gasteiger partial charge in [-0.3, -0.25) is 9.59 Å². The highest BCUT2D eigenvalue weighted by Crippen LogP contribution is 2.15. The van der Waals surface area contributed by atoms with Crippen molar-refractivity contribution in [1.82, 2.24) is 10.2 Å². The highest BCUT2D eigenvalue weighted by atomic mass is 32.1. The van der Waals surface area contributed by atoms with Crippen LogP contribution in [0.15, 0.2) is 11.4 Å². The van der Waals surface area contributed by atoms with Gasteiger partial charge in [0.25, 0.3) is 5.91 Å². The van der Waals surface area contributed by atoms with E-state index in [1.807, 2.05) is 13.8 Å². The number of hydrogen-bond donors (Lipinski definition) is 2. The summed E-state index contributed by atoms with van der Waals surface area (Å²) in [4.78, 5) is 26.0. The number of amides is 2. The van der Waals surface area contributed by atoms with Crippen molar-refractivity contribution < 1.29 is 9.59 Å². The average molecular weight is 293 g/mol. The van der Waals surface area contributed by atoms with Crippen molar-refractivity contribution in [3.63, 3.8) is 0 Å². The maximum absolute atomic E-state index is 12.0. The Labute approximate surface area is 123 Å². The monoisotopic (exact) mass is 293 g/mol. The molecule has 108 valence electrons. The van der Waals surface area contributed by atoms with Gasteiger partial charge in [-0.15, -0.1) is 11.3 Å². The molecule has 0 fully saturated rings. The zero-order valence-electron chi connectivity index (χ0n) is 11.7. The lowest BCUT2D eigenvalue weighted by Gasteiger charge is -2.18. The first kappa shape index (κ1) is 16.2. The van der Waals surface area contributed by atoms with Crippen LogP contribution in [0.5, 0.6) is 0 Å². The van der Waals surface area contributed by atoms with Crippen LogP contribution in [0.3, 0.4) is 0 Å². The van der Waals surface area contributed by atoms with Gasteiger partial charge in [0.15, 0.2) is 0 Å². The van der Waals surface area contributed by atoms with Gasteiger partial charge in [-0.05, 0) is 25.3 Å². The Morgan fingerprint density at radius 1 is 1.40 bits per heavy atom. The van der Waals surface area contributed by atoms with Crippen LogP contribution in [-0.4, -0.2) is 42.9 Å². The van der Waals surface area contributed by atoms with Gasteiger partial charge in [-0.25, -0.2) is 0 Å². The number of carbonyl (C=O) groups excluding carboxylic acids is 2. The van der Waals surface area contributed by atoms with Crippen LogP contribution < -0.4 is 11.1 Å². The van der Waals surface area contributed by atoms with E-state index in [0.29, 0.717) is 23.5 Å². The molecule has 1 rings (SSSR count). The number of rotatable bonds is 5. The quantitative estimate of drug-likeness (QED) is 0.783. The van der Waals surface area contributed by atoms with E-state index in [1.165, 1.54) is 11.3 Å². The zero-order valence-corrected chi connectivity index (χ0v) is 12.5. The van der Waals surface area contributed by atoms with Crippen LogP contribution in [-0.2, 0) is 4.79 Å². The zero-order chi connectivity index (χ0) is 15.0. The van der Waals surface area contributed by atoms with Crippen molar-refractivity contribution in [2.45, 2.75) is 13.8 Å². The SMILES string of the molecule is CCN(CC)C(=O)CNC(=O)c1sccc1C#CCN. The normalized spacial score (nSPS) is 9.55. The molecule has 1 aromatic heterocycles. The Bertz CT molecular complexity index is 524. The van der Waals surface area contributed by atoms with Gasteiger partial charge in [-0.2, -0.15) is 0 Å². The number of nitrogens with two attached hydrogens (primary N) is 1. The lowest BCUT2D eigenvalue weighted by atomic mass is 10.2. The molecule has 0 atom stereocenters. The van der Waals surface area contributed by atoms with Crippen LogP contribution >= 0.6 is 11.3 Å². The topological polar surface area (TPSA) is 75.4 Å². The van der Waals surface area contributed by atoms with Gasteiger partial charge in [-0.1, -0.05) is 11.8 Å². The Morgan fingerprint density at radius 3 is 2.70 bits per heavy atom. The van der Waals surface area contributed by atoms with Crippen LogP contribution in [0, 0.1) is 11.8 Å². The summed E-state index contributed by atoms with van der Waals surface area (Å²) in [6.45, 7) is 5.33. The number of nitrogens with zero attached hydrogens (tertiary/aromatic N) is 1. The second-order valence-electron chi connectivity index (χ2n) is 3.92. The molecule has 0 aromatic carbocycles. The van der Waals surface area contributed by atoms with E-state index in [0.717, 1.165) is 0 Å². The first-order valence-corrected chi connectivity index (χ1v) is 7.34. The van der Waals surface area contributed by atoms with Gasteiger partial charge in [0.05, 0.1) is 13.1 Å². The first-order chi connectivity index (χ1) is 9.63. The highest BCUT2D eigenvalue weighted by molar-refractivity contribution is 7.12. The summed E-state index contributed by atoms with van der Waals surface area (Å²) in [5.74, 6) is 5.20. The van der Waals surface area contributed by atoms with Crippen molar-refractivity contribution in [3.8, 4) is 11.8 Å². The molecular weight excluding hydrogens is 274 g/mol. The summed E-state index contributed by atoms with van der Waals surface area (Å²) in [6, 6.07) is 1.77. The summed E-state index contributed by atoms with van der Waals surface area (Å²) >= 11 is 1.30. The summed E-state index contributed by atoms with van der Waals surface area (Å²) in [6.07, 6.45) is 0. The minimum Gasteiger partial charge on any atom is -0.342 e. The largest absolute Gasteiger partial charge is 0.342 e. The van der Waals surface area contributed by atoms with Crippen LogP contribution in [0.4, 0.5) is 0 Å². The predicted octanol–water partition coefficient (Wildman–Crippen LogP) is 0.656. The fourth-order valence-electron chi connectivity index (χ4n) is 1.65. The molecule has 20 heavy (non-hydrogen) atoms. The second kappa shape index (κ2) is 8.35. The summed E-state index contributed by atoms with van der Waals surface area (Å²) in [5.41, 5.74) is 5.96. The smallest absolute Gasteiger partial charge is 0.263 e. The molecular formula is C14H19N3O2S. The van der Waals surface area contributed by atoms with E-state index in [1.54, 1.807) is 16.3 Å². The summed E-state index contributed by atoms with van der Waals surface area (Å²) < 4.78 is 0. The van der Waals surface area contributed by atoms with Gasteiger partial charge in [0, 0.05) is 18.7 Å². The summed E-state index contributed by atoms with van der Waals surface area (Å²) in [5, 5.41) is 4.43. The molecule has 5 nitrogen and oxygen atoms in total. The molecule has 0 radical (unpaired) electrons. The number of nitrogens with one attached hydrogen (secondary N) is 1. The number of thiophene rings is 1. The molecule has 1 aromatic rings. The molecule has 3 N–H and O–H groups in total. The molecule has 0 aliphatic rings. The fourth-order valence-corrected chi connectivity index (χ4v) is 2.42. The Hall–Kier alpha value is -1.84. The Balaban J connectivity index is 2.64. The minimum atomic E-state index is -0.276. The third kappa shape index (κ3) is 4.37. The van der Waals surface area contributed by atoms with Crippen molar-refractivity contribution in [2.24, 2.45) is 5.73 Å². The van der Waals surface area contributed by atoms with E-state index in [9.17, 15) is 9.59 Å². The molecule has 2 amide bonds. The fraction of sp³-hybridized carbons (Fsp3) is 0.429. The van der Waals surface area contributed by atoms with Crippen molar-refractivity contribution in [3.05, 3.63) is 21.9 Å². The molecule has 0 saturated carbocycles. The maximum atomic E-state index is 12.0. The van der Waals surface area contributed by atoms with Gasteiger partial charge < -0.3 is 16.0 Å². The number of hydrogen-bond acceptors (Lipinski definition) is 4. The van der Waals surface area contributed by atoms with Crippen LogP contribution in [0.1, 0.15) is 29.1 Å². The highest BCUT2D eigenvalue weighted by Gasteiger charge is 2.15. The lowest BCUT2D eigenvalue weighted by Crippen LogP contribution is -2.39. The molecule has 6 heteroatoms. The first-order valence-electron chi connectivity index (χ1n) is 6.46. The van der Waals surface area contributed by atoms with Crippen molar-refractivity contribution in [1.29, 1.82) is 0 Å².